The minimum absolute atomic E-state index is 0. The molecule has 24 valence electrons. The molecule has 0 aliphatic rings. The summed E-state index contributed by atoms with van der Waals surface area (Å²) in [6.45, 7) is 0. The average molecular weight is 165 g/mol. The molecule has 0 aliphatic carbocycles. The Morgan fingerprint density at radius 2 is 1.75 bits per heavy atom. The van der Waals surface area contributed by atoms with Gasteiger partial charge in [-0.15, -0.1) is 4.91 Å². The summed E-state index contributed by atoms with van der Waals surface area (Å²) in [6.07, 6.45) is 0. The quantitative estimate of drug-likeness (QED) is 0.368. The first kappa shape index (κ1) is 8.86. The number of nitrogens with zero attached hydrogens (tertiary/aromatic N) is 1. The minimum atomic E-state index is 0. The van der Waals surface area contributed by atoms with Gasteiger partial charge >= 0.3 is 25.8 Å². The number of hydrogen-bond acceptors (Lipinski definition) is 2. The SMILES string of the molecule is O=NO.[InH3]. The van der Waals surface area contributed by atoms with E-state index in [1.807, 2.05) is 0 Å². The Labute approximate surface area is 41.7 Å². The van der Waals surface area contributed by atoms with Gasteiger partial charge in [0, 0.05) is 0 Å². The van der Waals surface area contributed by atoms with Crippen molar-refractivity contribution in [1.82, 2.24) is 0 Å². The third-order valence-corrected chi connectivity index (χ3v) is 0. The van der Waals surface area contributed by atoms with Crippen LogP contribution in [0.5, 0.6) is 0 Å². The molecule has 0 spiro atoms. The summed E-state index contributed by atoms with van der Waals surface area (Å²) in [5.74, 6) is 0. The van der Waals surface area contributed by atoms with Gasteiger partial charge in [0.15, 0.2) is 5.34 Å². The Morgan fingerprint density at radius 3 is 1.75 bits per heavy atom. The van der Waals surface area contributed by atoms with E-state index in [1.165, 1.54) is 5.34 Å². The van der Waals surface area contributed by atoms with Crippen molar-refractivity contribution in [2.75, 3.05) is 0 Å². The van der Waals surface area contributed by atoms with Gasteiger partial charge in [-0.25, -0.2) is 0 Å². The molecule has 0 heterocycles. The Kier molecular flexibility index (Phi) is 23.1. The van der Waals surface area contributed by atoms with Crippen LogP contribution >= 0.6 is 0 Å². The molecule has 0 rings (SSSR count). The van der Waals surface area contributed by atoms with E-state index in [1.54, 1.807) is 0 Å². The van der Waals surface area contributed by atoms with Gasteiger partial charge in [-0.1, -0.05) is 0 Å². The molecule has 0 bridgehead atoms. The molecular weight excluding hydrogens is 161 g/mol. The van der Waals surface area contributed by atoms with E-state index < -0.39 is 0 Å². The molecule has 3 nitrogen and oxygen atoms in total. The first-order valence-electron chi connectivity index (χ1n) is 0.383. The van der Waals surface area contributed by atoms with Crippen LogP contribution in [0.25, 0.3) is 0 Å². The second-order valence-electron chi connectivity index (χ2n) is 0.0816. The molecule has 1 N–H and O–H groups in total. The van der Waals surface area contributed by atoms with Crippen molar-refractivity contribution in [2.45, 2.75) is 0 Å². The summed E-state index contributed by atoms with van der Waals surface area (Å²) in [4.78, 5) is 8.11. The Bertz CT molecular complexity index is 13.5. The van der Waals surface area contributed by atoms with Gasteiger partial charge in [-0.05, 0) is 0 Å². The summed E-state index contributed by atoms with van der Waals surface area (Å²) < 4.78 is 0. The van der Waals surface area contributed by atoms with Crippen LogP contribution in [0, 0.1) is 4.91 Å². The van der Waals surface area contributed by atoms with E-state index in [0.29, 0.717) is 0 Å². The second-order valence-corrected chi connectivity index (χ2v) is 0.0816. The van der Waals surface area contributed by atoms with E-state index in [0.717, 1.165) is 0 Å². The molecule has 0 aromatic carbocycles. The van der Waals surface area contributed by atoms with Crippen LogP contribution in [0.2, 0.25) is 0 Å². The van der Waals surface area contributed by atoms with Crippen LogP contribution in [-0.4, -0.2) is 31.1 Å². The van der Waals surface area contributed by atoms with Crippen molar-refractivity contribution < 1.29 is 5.21 Å². The van der Waals surface area contributed by atoms with Crippen LogP contribution < -0.4 is 0 Å². The van der Waals surface area contributed by atoms with Gasteiger partial charge in [0.05, 0.1) is 0 Å². The van der Waals surface area contributed by atoms with E-state index in [9.17, 15) is 0 Å². The predicted molar refractivity (Wildman–Crippen MR) is 17.5 cm³/mol. The topological polar surface area (TPSA) is 49.7 Å². The maximum absolute atomic E-state index is 8.11. The van der Waals surface area contributed by atoms with Crippen LogP contribution in [0.15, 0.2) is 5.34 Å². The average Bonchev–Trinajstić information content (AvgIpc) is 0.918. The Balaban J connectivity index is 0. The predicted octanol–water partition coefficient (Wildman–Crippen LogP) is -1.04. The Morgan fingerprint density at radius 1 is 1.75 bits per heavy atom. The van der Waals surface area contributed by atoms with Gasteiger partial charge in [0.25, 0.3) is 0 Å². The van der Waals surface area contributed by atoms with E-state index >= 15 is 0 Å². The fourth-order valence-corrected chi connectivity index (χ4v) is 0. The fraction of sp³-hybridized carbons (Fsp3) is 0. The standard InChI is InChI=1S/In.HNO2.3H/c;2-1-3;;;/h;(H,2,3);;;. The zero-order chi connectivity index (χ0) is 2.71. The van der Waals surface area contributed by atoms with Crippen molar-refractivity contribution in [3.8, 4) is 0 Å². The molecule has 0 aromatic rings. The zero-order valence-corrected chi connectivity index (χ0v) is 1.30. The zero-order valence-electron chi connectivity index (χ0n) is 1.30. The monoisotopic (exact) mass is 165 g/mol. The van der Waals surface area contributed by atoms with Crippen LogP contribution in [0.1, 0.15) is 0 Å². The first-order valence-corrected chi connectivity index (χ1v) is 0.383. The molecule has 0 saturated heterocycles. The van der Waals surface area contributed by atoms with E-state index in [2.05, 4.69) is 0 Å². The van der Waals surface area contributed by atoms with Crippen LogP contribution in [0.3, 0.4) is 0 Å². The molecule has 0 fully saturated rings. The second kappa shape index (κ2) is 10.4. The van der Waals surface area contributed by atoms with Gasteiger partial charge in [0.2, 0.25) is 0 Å². The molecular formula is H4InNO2. The van der Waals surface area contributed by atoms with Crippen molar-refractivity contribution in [1.29, 1.82) is 0 Å². The molecule has 0 radical (unpaired) electrons. The summed E-state index contributed by atoms with van der Waals surface area (Å²) in [6, 6.07) is 0. The first-order chi connectivity index (χ1) is 1.41. The molecule has 0 atom stereocenters. The third kappa shape index (κ3) is 50.2. The maximum atomic E-state index is 8.11. The summed E-state index contributed by atoms with van der Waals surface area (Å²) >= 11 is 0. The molecule has 0 aliphatic heterocycles. The van der Waals surface area contributed by atoms with Gasteiger partial charge in [0.1, 0.15) is 0 Å². The van der Waals surface area contributed by atoms with Crippen molar-refractivity contribution in [3.63, 3.8) is 0 Å². The number of hydrogen-bond donors (Lipinski definition) is 1. The normalized spacial score (nSPS) is 3.00. The molecule has 0 amide bonds. The van der Waals surface area contributed by atoms with Gasteiger partial charge in [-0.2, -0.15) is 0 Å². The third-order valence-electron chi connectivity index (χ3n) is 0. The van der Waals surface area contributed by atoms with E-state index in [-0.39, 0.29) is 25.8 Å². The van der Waals surface area contributed by atoms with Crippen LogP contribution in [0.4, 0.5) is 0 Å². The van der Waals surface area contributed by atoms with Crippen LogP contribution in [-0.2, 0) is 0 Å². The summed E-state index contributed by atoms with van der Waals surface area (Å²) in [5.41, 5.74) is 0. The molecule has 0 aromatic heterocycles. The summed E-state index contributed by atoms with van der Waals surface area (Å²) in [7, 11) is 0. The van der Waals surface area contributed by atoms with Crippen molar-refractivity contribution in [2.24, 2.45) is 5.34 Å². The number of rotatable bonds is 0. The van der Waals surface area contributed by atoms with E-state index in [4.69, 9.17) is 10.1 Å². The fourth-order valence-electron chi connectivity index (χ4n) is 0. The van der Waals surface area contributed by atoms with Gasteiger partial charge in [-0.3, -0.25) is 0 Å². The molecule has 4 heavy (non-hydrogen) atoms. The molecule has 0 saturated carbocycles. The summed E-state index contributed by atoms with van der Waals surface area (Å²) in [5, 5.41) is 7.89. The Hall–Kier alpha value is 0.270. The molecule has 0 unspecified atom stereocenters. The van der Waals surface area contributed by atoms with Crippen molar-refractivity contribution in [3.05, 3.63) is 4.91 Å². The molecule has 4 heteroatoms. The van der Waals surface area contributed by atoms with Gasteiger partial charge < -0.3 is 5.21 Å². The van der Waals surface area contributed by atoms with Crippen molar-refractivity contribution >= 4 is 25.8 Å².